The van der Waals surface area contributed by atoms with Gasteiger partial charge in [0.05, 0.1) is 0 Å². The molecule has 0 aliphatic carbocycles. The highest BCUT2D eigenvalue weighted by Gasteiger charge is 2.02. The number of carbonyl (C=O) groups is 1. The van der Waals surface area contributed by atoms with Gasteiger partial charge in [-0.3, -0.25) is 4.79 Å². The van der Waals surface area contributed by atoms with Crippen LogP contribution >= 0.6 is 0 Å². The lowest BCUT2D eigenvalue weighted by Crippen LogP contribution is -2.28. The first-order valence-electron chi connectivity index (χ1n) is 6.10. The zero-order valence-corrected chi connectivity index (χ0v) is 10.6. The minimum Gasteiger partial charge on any atom is -0.368 e. The van der Waals surface area contributed by atoms with Crippen LogP contribution in [0.2, 0.25) is 0 Å². The molecule has 1 heterocycles. The third-order valence-electron chi connectivity index (χ3n) is 2.37. The van der Waals surface area contributed by atoms with Crippen LogP contribution in [-0.4, -0.2) is 24.0 Å². The van der Waals surface area contributed by atoms with Gasteiger partial charge in [-0.2, -0.15) is 0 Å². The average Bonchev–Trinajstić information content (AvgIpc) is 2.33. The van der Waals surface area contributed by atoms with E-state index in [1.807, 2.05) is 18.2 Å². The summed E-state index contributed by atoms with van der Waals surface area (Å²) in [6, 6.07) is 5.70. The Morgan fingerprint density at radius 2 is 2.18 bits per heavy atom. The van der Waals surface area contributed by atoms with Crippen LogP contribution in [0.3, 0.4) is 0 Å². The van der Waals surface area contributed by atoms with Gasteiger partial charge < -0.3 is 10.6 Å². The zero-order valence-electron chi connectivity index (χ0n) is 10.6. The first-order chi connectivity index (χ1) is 8.18. The summed E-state index contributed by atoms with van der Waals surface area (Å²) < 4.78 is 0. The highest BCUT2D eigenvalue weighted by atomic mass is 16.1. The molecule has 0 aliphatic heterocycles. The van der Waals surface area contributed by atoms with Gasteiger partial charge >= 0.3 is 0 Å². The Hall–Kier alpha value is -1.58. The second-order valence-electron chi connectivity index (χ2n) is 4.42. The molecule has 0 radical (unpaired) electrons. The van der Waals surface area contributed by atoms with Gasteiger partial charge in [0.25, 0.3) is 0 Å². The summed E-state index contributed by atoms with van der Waals surface area (Å²) >= 11 is 0. The summed E-state index contributed by atoms with van der Waals surface area (Å²) in [6.07, 6.45) is 3.30. The zero-order chi connectivity index (χ0) is 12.5. The molecule has 2 N–H and O–H groups in total. The first-order valence-corrected chi connectivity index (χ1v) is 6.10. The number of nitrogens with one attached hydrogen (secondary N) is 2. The molecule has 0 aliphatic rings. The van der Waals surface area contributed by atoms with Gasteiger partial charge in [0.2, 0.25) is 5.91 Å². The molecule has 4 nitrogen and oxygen atoms in total. The van der Waals surface area contributed by atoms with E-state index in [0.29, 0.717) is 25.4 Å². The fourth-order valence-corrected chi connectivity index (χ4v) is 1.37. The van der Waals surface area contributed by atoms with E-state index in [0.717, 1.165) is 12.2 Å². The number of carbonyl (C=O) groups excluding carboxylic acids is 1. The molecule has 0 saturated carbocycles. The van der Waals surface area contributed by atoms with Crippen molar-refractivity contribution in [1.29, 1.82) is 0 Å². The van der Waals surface area contributed by atoms with Crippen LogP contribution in [0.1, 0.15) is 26.7 Å². The van der Waals surface area contributed by atoms with Gasteiger partial charge in [-0.1, -0.05) is 19.9 Å². The second kappa shape index (κ2) is 7.65. The van der Waals surface area contributed by atoms with Crippen molar-refractivity contribution in [3.8, 4) is 0 Å². The predicted octanol–water partition coefficient (Wildman–Crippen LogP) is 2.05. The van der Waals surface area contributed by atoms with E-state index < -0.39 is 0 Å². The van der Waals surface area contributed by atoms with Crippen molar-refractivity contribution in [3.05, 3.63) is 24.4 Å². The van der Waals surface area contributed by atoms with Gasteiger partial charge in [0.1, 0.15) is 5.82 Å². The number of amides is 1. The Labute approximate surface area is 103 Å². The van der Waals surface area contributed by atoms with Crippen LogP contribution in [0.4, 0.5) is 5.82 Å². The maximum Gasteiger partial charge on any atom is 0.220 e. The van der Waals surface area contributed by atoms with E-state index in [9.17, 15) is 4.79 Å². The maximum atomic E-state index is 11.4. The first kappa shape index (κ1) is 13.5. The van der Waals surface area contributed by atoms with Crippen LogP contribution in [0.5, 0.6) is 0 Å². The van der Waals surface area contributed by atoms with Crippen LogP contribution in [0.15, 0.2) is 24.4 Å². The second-order valence-corrected chi connectivity index (χ2v) is 4.42. The van der Waals surface area contributed by atoms with Crippen molar-refractivity contribution in [2.45, 2.75) is 26.7 Å². The number of aromatic nitrogens is 1. The maximum absolute atomic E-state index is 11.4. The largest absolute Gasteiger partial charge is 0.368 e. The van der Waals surface area contributed by atoms with E-state index in [-0.39, 0.29) is 5.91 Å². The molecular formula is C13H21N3O. The fourth-order valence-electron chi connectivity index (χ4n) is 1.37. The van der Waals surface area contributed by atoms with Gasteiger partial charge in [-0.15, -0.1) is 0 Å². The van der Waals surface area contributed by atoms with Gasteiger partial charge in [0.15, 0.2) is 0 Å². The molecule has 0 atom stereocenters. The Balaban J connectivity index is 2.06. The van der Waals surface area contributed by atoms with E-state index in [1.54, 1.807) is 6.20 Å². The number of pyridine rings is 1. The summed E-state index contributed by atoms with van der Waals surface area (Å²) in [5.41, 5.74) is 0. The van der Waals surface area contributed by atoms with E-state index >= 15 is 0 Å². The summed E-state index contributed by atoms with van der Waals surface area (Å²) in [5, 5.41) is 6.02. The molecule has 1 aromatic heterocycles. The lowest BCUT2D eigenvalue weighted by Gasteiger charge is -2.08. The Kier molecular flexibility index (Phi) is 6.07. The summed E-state index contributed by atoms with van der Waals surface area (Å²) in [7, 11) is 0. The molecule has 0 aromatic carbocycles. The number of nitrogens with zero attached hydrogens (tertiary/aromatic N) is 1. The molecule has 94 valence electrons. The van der Waals surface area contributed by atoms with Crippen molar-refractivity contribution < 1.29 is 4.79 Å². The molecule has 0 fully saturated rings. The monoisotopic (exact) mass is 235 g/mol. The number of anilines is 1. The Bertz CT molecular complexity index is 325. The van der Waals surface area contributed by atoms with Crippen LogP contribution in [0.25, 0.3) is 0 Å². The van der Waals surface area contributed by atoms with Crippen LogP contribution in [-0.2, 0) is 4.79 Å². The van der Waals surface area contributed by atoms with Crippen LogP contribution in [0, 0.1) is 5.92 Å². The van der Waals surface area contributed by atoms with Gasteiger partial charge in [-0.25, -0.2) is 4.98 Å². The SMILES string of the molecule is CC(C)CCC(=O)NCCNc1ccccn1. The van der Waals surface area contributed by atoms with E-state index in [1.165, 1.54) is 0 Å². The molecular weight excluding hydrogens is 214 g/mol. The predicted molar refractivity (Wildman–Crippen MR) is 69.8 cm³/mol. The summed E-state index contributed by atoms with van der Waals surface area (Å²) in [6.45, 7) is 5.57. The van der Waals surface area contributed by atoms with Crippen molar-refractivity contribution in [1.82, 2.24) is 10.3 Å². The molecule has 0 spiro atoms. The third kappa shape index (κ3) is 6.56. The average molecular weight is 235 g/mol. The smallest absolute Gasteiger partial charge is 0.220 e. The molecule has 0 saturated heterocycles. The highest BCUT2D eigenvalue weighted by molar-refractivity contribution is 5.75. The Morgan fingerprint density at radius 3 is 2.82 bits per heavy atom. The van der Waals surface area contributed by atoms with Crippen molar-refractivity contribution in [3.63, 3.8) is 0 Å². The molecule has 17 heavy (non-hydrogen) atoms. The highest BCUT2D eigenvalue weighted by Crippen LogP contribution is 2.02. The molecule has 4 heteroatoms. The van der Waals surface area contributed by atoms with Crippen molar-refractivity contribution >= 4 is 11.7 Å². The number of hydrogen-bond donors (Lipinski definition) is 2. The molecule has 1 rings (SSSR count). The summed E-state index contributed by atoms with van der Waals surface area (Å²) in [4.78, 5) is 15.5. The van der Waals surface area contributed by atoms with Gasteiger partial charge in [0, 0.05) is 25.7 Å². The molecule has 1 aromatic rings. The normalized spacial score (nSPS) is 10.3. The topological polar surface area (TPSA) is 54.0 Å². The lowest BCUT2D eigenvalue weighted by molar-refractivity contribution is -0.121. The number of hydrogen-bond acceptors (Lipinski definition) is 3. The van der Waals surface area contributed by atoms with E-state index in [2.05, 4.69) is 29.5 Å². The minimum absolute atomic E-state index is 0.126. The third-order valence-corrected chi connectivity index (χ3v) is 2.37. The van der Waals surface area contributed by atoms with E-state index in [4.69, 9.17) is 0 Å². The standard InChI is InChI=1S/C13H21N3O/c1-11(2)6-7-13(17)16-10-9-15-12-5-3-4-8-14-12/h3-5,8,11H,6-7,9-10H2,1-2H3,(H,14,15)(H,16,17). The fraction of sp³-hybridized carbons (Fsp3) is 0.538. The van der Waals surface area contributed by atoms with Crippen LogP contribution < -0.4 is 10.6 Å². The Morgan fingerprint density at radius 1 is 1.35 bits per heavy atom. The molecule has 0 unspecified atom stereocenters. The van der Waals surface area contributed by atoms with Crippen molar-refractivity contribution in [2.75, 3.05) is 18.4 Å². The molecule has 0 bridgehead atoms. The minimum atomic E-state index is 0.126. The lowest BCUT2D eigenvalue weighted by atomic mass is 10.1. The van der Waals surface area contributed by atoms with Gasteiger partial charge in [-0.05, 0) is 24.5 Å². The number of rotatable bonds is 7. The molecule has 1 amide bonds. The van der Waals surface area contributed by atoms with Crippen molar-refractivity contribution in [2.24, 2.45) is 5.92 Å². The quantitative estimate of drug-likeness (QED) is 0.711. The summed E-state index contributed by atoms with van der Waals surface area (Å²) in [5.74, 6) is 1.54.